The van der Waals surface area contributed by atoms with Crippen LogP contribution >= 0.6 is 43.5 Å². The summed E-state index contributed by atoms with van der Waals surface area (Å²) >= 11 is 13.9. The van der Waals surface area contributed by atoms with Gasteiger partial charge in [0.1, 0.15) is 11.6 Å². The largest absolute Gasteiger partial charge is 0.444 e. The number of carbonyl (C=O) groups is 3. The molecular formula is C36H43Br2ClN4O4. The van der Waals surface area contributed by atoms with Crippen LogP contribution in [0.2, 0.25) is 5.02 Å². The van der Waals surface area contributed by atoms with E-state index in [9.17, 15) is 14.4 Å². The Morgan fingerprint density at radius 2 is 1.70 bits per heavy atom. The smallest absolute Gasteiger partial charge is 0.410 e. The van der Waals surface area contributed by atoms with Crippen LogP contribution in [0.3, 0.4) is 0 Å². The number of fused-ring (bicyclic) bond motifs is 2. The van der Waals surface area contributed by atoms with E-state index >= 15 is 0 Å². The molecule has 2 atom stereocenters. The van der Waals surface area contributed by atoms with E-state index in [0.29, 0.717) is 45.6 Å². The number of amides is 3. The highest BCUT2D eigenvalue weighted by atomic mass is 79.9. The molecule has 47 heavy (non-hydrogen) atoms. The normalized spacial score (nSPS) is 21.9. The number of hydrogen-bond acceptors (Lipinski definition) is 5. The maximum absolute atomic E-state index is 13.5. The SMILES string of the molecule is CC(C)(C)OC(=O)N1CCC[C@H]1C(=O)N1CCC(CC(=O)N2CC=C([C@H]3c4ncc(Br)cc4CCc4cc(Cl)cc(Br)c43)CC2)CC1. The monoisotopic (exact) mass is 788 g/mol. The topological polar surface area (TPSA) is 83.0 Å². The van der Waals surface area contributed by atoms with Gasteiger partial charge in [-0.05, 0) is 122 Å². The van der Waals surface area contributed by atoms with Gasteiger partial charge < -0.3 is 14.5 Å². The molecule has 2 fully saturated rings. The summed E-state index contributed by atoms with van der Waals surface area (Å²) in [5.41, 5.74) is 5.46. The molecule has 6 rings (SSSR count). The zero-order valence-corrected chi connectivity index (χ0v) is 31.3. The third kappa shape index (κ3) is 7.75. The van der Waals surface area contributed by atoms with Crippen molar-refractivity contribution in [3.05, 3.63) is 72.4 Å². The first-order chi connectivity index (χ1) is 22.4. The molecule has 0 spiro atoms. The molecule has 3 aliphatic heterocycles. The van der Waals surface area contributed by atoms with Gasteiger partial charge in [-0.1, -0.05) is 39.2 Å². The molecule has 0 saturated carbocycles. The Bertz CT molecular complexity index is 1580. The molecular weight excluding hydrogens is 748 g/mol. The van der Waals surface area contributed by atoms with Crippen LogP contribution in [0.4, 0.5) is 4.79 Å². The first-order valence-corrected chi connectivity index (χ1v) is 18.7. The Balaban J connectivity index is 1.07. The summed E-state index contributed by atoms with van der Waals surface area (Å²) in [6, 6.07) is 5.78. The van der Waals surface area contributed by atoms with E-state index in [1.54, 1.807) is 4.90 Å². The number of likely N-dealkylation sites (tertiary alicyclic amines) is 2. The lowest BCUT2D eigenvalue weighted by Gasteiger charge is -2.36. The van der Waals surface area contributed by atoms with Crippen molar-refractivity contribution in [3.63, 3.8) is 0 Å². The van der Waals surface area contributed by atoms with Crippen LogP contribution in [-0.2, 0) is 27.2 Å². The fraction of sp³-hybridized carbons (Fsp3) is 0.556. The number of halogens is 3. The fourth-order valence-electron chi connectivity index (χ4n) is 7.57. The van der Waals surface area contributed by atoms with Gasteiger partial charge in [0, 0.05) is 65.2 Å². The standard InChI is InChI=1S/C36H43Br2ClN4O4/c1-36(2,3)47-35(46)43-12-4-5-29(43)34(45)42-13-8-22(9-14-42)17-30(44)41-15-10-23(11-16-41)32-31-24(19-27(39)20-28(31)38)6-7-25-18-26(37)21-40-33(25)32/h10,18-22,29,32H,4-9,11-17H2,1-3H3/t29-,32+/m0/s1. The number of piperidine rings is 1. The minimum atomic E-state index is -0.600. The van der Waals surface area contributed by atoms with Gasteiger partial charge in [0.05, 0.1) is 5.69 Å². The first kappa shape index (κ1) is 34.4. The number of carbonyl (C=O) groups excluding carboxylic acids is 3. The molecule has 252 valence electrons. The molecule has 1 aromatic carbocycles. The van der Waals surface area contributed by atoms with Crippen LogP contribution in [0.25, 0.3) is 0 Å². The van der Waals surface area contributed by atoms with Crippen molar-refractivity contribution in [2.24, 2.45) is 5.92 Å². The number of aryl methyl sites for hydroxylation is 2. The summed E-state index contributed by atoms with van der Waals surface area (Å²) in [7, 11) is 0. The fourth-order valence-corrected chi connectivity index (χ4v) is 9.05. The molecule has 0 bridgehead atoms. The maximum Gasteiger partial charge on any atom is 0.410 e. The van der Waals surface area contributed by atoms with Crippen molar-refractivity contribution in [1.82, 2.24) is 19.7 Å². The van der Waals surface area contributed by atoms with Crippen molar-refractivity contribution < 1.29 is 19.1 Å². The minimum absolute atomic E-state index is 0.00393. The van der Waals surface area contributed by atoms with Crippen molar-refractivity contribution in [1.29, 1.82) is 0 Å². The van der Waals surface area contributed by atoms with Crippen LogP contribution in [0.15, 0.2) is 45.0 Å². The molecule has 0 radical (unpaired) electrons. The molecule has 2 aromatic rings. The van der Waals surface area contributed by atoms with Crippen LogP contribution in [0.5, 0.6) is 0 Å². The van der Waals surface area contributed by atoms with Crippen LogP contribution in [-0.4, -0.2) is 82.0 Å². The lowest BCUT2D eigenvalue weighted by Crippen LogP contribution is -2.51. The lowest BCUT2D eigenvalue weighted by atomic mass is 9.82. The van der Waals surface area contributed by atoms with E-state index in [1.807, 2.05) is 42.8 Å². The van der Waals surface area contributed by atoms with E-state index in [-0.39, 0.29) is 23.7 Å². The molecule has 4 aliphatic rings. The molecule has 1 aromatic heterocycles. The summed E-state index contributed by atoms with van der Waals surface area (Å²) in [6.45, 7) is 8.54. The first-order valence-electron chi connectivity index (χ1n) is 16.7. The van der Waals surface area contributed by atoms with Gasteiger partial charge in [0.15, 0.2) is 0 Å². The number of pyridine rings is 1. The number of ether oxygens (including phenoxy) is 1. The highest BCUT2D eigenvalue weighted by Gasteiger charge is 2.40. The second-order valence-electron chi connectivity index (χ2n) is 14.3. The van der Waals surface area contributed by atoms with Crippen molar-refractivity contribution >= 4 is 61.4 Å². The van der Waals surface area contributed by atoms with Gasteiger partial charge in [-0.25, -0.2) is 4.79 Å². The number of aromatic nitrogens is 1. The highest BCUT2D eigenvalue weighted by Crippen LogP contribution is 2.45. The summed E-state index contributed by atoms with van der Waals surface area (Å²) in [5, 5.41) is 0.723. The quantitative estimate of drug-likeness (QED) is 0.297. The maximum atomic E-state index is 13.5. The van der Waals surface area contributed by atoms with Crippen LogP contribution in [0, 0.1) is 5.92 Å². The van der Waals surface area contributed by atoms with Gasteiger partial charge in [-0.2, -0.15) is 0 Å². The molecule has 3 amide bonds. The number of hydrogen-bond donors (Lipinski definition) is 0. The van der Waals surface area contributed by atoms with Crippen molar-refractivity contribution in [2.75, 3.05) is 32.7 Å². The Morgan fingerprint density at radius 3 is 2.40 bits per heavy atom. The van der Waals surface area contributed by atoms with Crippen molar-refractivity contribution in [2.45, 2.75) is 89.7 Å². The minimum Gasteiger partial charge on any atom is -0.444 e. The van der Waals surface area contributed by atoms with E-state index in [1.165, 1.54) is 22.3 Å². The Morgan fingerprint density at radius 1 is 0.957 bits per heavy atom. The summed E-state index contributed by atoms with van der Waals surface area (Å²) in [6.07, 6.45) is 9.80. The molecule has 4 heterocycles. The molecule has 8 nitrogen and oxygen atoms in total. The Labute approximate surface area is 299 Å². The number of nitrogens with zero attached hydrogens (tertiary/aromatic N) is 4. The summed E-state index contributed by atoms with van der Waals surface area (Å²) in [4.78, 5) is 50.0. The Kier molecular flexibility index (Phi) is 10.4. The van der Waals surface area contributed by atoms with Gasteiger partial charge in [0.25, 0.3) is 0 Å². The predicted octanol–water partition coefficient (Wildman–Crippen LogP) is 7.68. The second-order valence-corrected chi connectivity index (χ2v) is 16.5. The number of benzene rings is 1. The van der Waals surface area contributed by atoms with Crippen LogP contribution < -0.4 is 0 Å². The van der Waals surface area contributed by atoms with Crippen molar-refractivity contribution in [3.8, 4) is 0 Å². The van der Waals surface area contributed by atoms with Gasteiger partial charge >= 0.3 is 6.09 Å². The summed E-state index contributed by atoms with van der Waals surface area (Å²) < 4.78 is 7.53. The third-order valence-electron chi connectivity index (χ3n) is 9.90. The van der Waals surface area contributed by atoms with Crippen LogP contribution in [0.1, 0.15) is 87.6 Å². The Hall–Kier alpha value is -2.43. The molecule has 11 heteroatoms. The van der Waals surface area contributed by atoms with Gasteiger partial charge in [-0.15, -0.1) is 0 Å². The molecule has 0 N–H and O–H groups in total. The van der Waals surface area contributed by atoms with Gasteiger partial charge in [-0.3, -0.25) is 19.5 Å². The predicted molar refractivity (Wildman–Crippen MR) is 190 cm³/mol. The van der Waals surface area contributed by atoms with E-state index in [0.717, 1.165) is 58.2 Å². The average Bonchev–Trinajstić information content (AvgIpc) is 3.46. The summed E-state index contributed by atoms with van der Waals surface area (Å²) in [5.74, 6) is 0.428. The highest BCUT2D eigenvalue weighted by molar-refractivity contribution is 9.10. The third-order valence-corrected chi connectivity index (χ3v) is 11.2. The van der Waals surface area contributed by atoms with E-state index in [2.05, 4.69) is 50.1 Å². The van der Waals surface area contributed by atoms with E-state index in [4.69, 9.17) is 21.3 Å². The lowest BCUT2D eigenvalue weighted by molar-refractivity contribution is -0.137. The molecule has 0 unspecified atom stereocenters. The van der Waals surface area contributed by atoms with E-state index < -0.39 is 17.7 Å². The average molecular weight is 791 g/mol. The van der Waals surface area contributed by atoms with Gasteiger partial charge in [0.2, 0.25) is 11.8 Å². The second kappa shape index (κ2) is 14.2. The number of rotatable bonds is 4. The zero-order valence-electron chi connectivity index (χ0n) is 27.4. The molecule has 2 saturated heterocycles. The zero-order chi connectivity index (χ0) is 33.5. The molecule has 1 aliphatic carbocycles.